The summed E-state index contributed by atoms with van der Waals surface area (Å²) < 4.78 is 10.7. The standard InChI is InChI=1S/C12H16O3/c1-2-14-8-11(13)10-7-15-12-6-4-3-5-9(10)12/h3-6,10-11,13H,2,7-8H2,1H3. The maximum absolute atomic E-state index is 9.92. The molecule has 2 atom stereocenters. The minimum absolute atomic E-state index is 0.0488. The van der Waals surface area contributed by atoms with Crippen molar-refractivity contribution in [2.24, 2.45) is 0 Å². The topological polar surface area (TPSA) is 38.7 Å². The minimum Gasteiger partial charge on any atom is -0.493 e. The van der Waals surface area contributed by atoms with E-state index in [0.717, 1.165) is 11.3 Å². The maximum Gasteiger partial charge on any atom is 0.123 e. The molecule has 0 saturated carbocycles. The van der Waals surface area contributed by atoms with Crippen molar-refractivity contribution in [1.29, 1.82) is 0 Å². The Labute approximate surface area is 89.6 Å². The van der Waals surface area contributed by atoms with Gasteiger partial charge < -0.3 is 14.6 Å². The zero-order chi connectivity index (χ0) is 10.7. The average molecular weight is 208 g/mol. The highest BCUT2D eigenvalue weighted by molar-refractivity contribution is 5.40. The van der Waals surface area contributed by atoms with Crippen molar-refractivity contribution < 1.29 is 14.6 Å². The van der Waals surface area contributed by atoms with Crippen LogP contribution in [0.1, 0.15) is 18.4 Å². The largest absolute Gasteiger partial charge is 0.493 e. The van der Waals surface area contributed by atoms with E-state index in [4.69, 9.17) is 9.47 Å². The zero-order valence-electron chi connectivity index (χ0n) is 8.85. The molecule has 82 valence electrons. The van der Waals surface area contributed by atoms with Gasteiger partial charge in [0.1, 0.15) is 5.75 Å². The fourth-order valence-electron chi connectivity index (χ4n) is 1.86. The average Bonchev–Trinajstić information content (AvgIpc) is 2.69. The highest BCUT2D eigenvalue weighted by Gasteiger charge is 2.29. The summed E-state index contributed by atoms with van der Waals surface area (Å²) >= 11 is 0. The van der Waals surface area contributed by atoms with Crippen molar-refractivity contribution >= 4 is 0 Å². The second-order valence-corrected chi connectivity index (χ2v) is 3.68. The number of para-hydroxylation sites is 1. The lowest BCUT2D eigenvalue weighted by molar-refractivity contribution is 0.0236. The molecule has 1 aromatic carbocycles. The molecule has 0 spiro atoms. The van der Waals surface area contributed by atoms with E-state index in [-0.39, 0.29) is 5.92 Å². The van der Waals surface area contributed by atoms with Crippen LogP contribution in [0.15, 0.2) is 24.3 Å². The first-order chi connectivity index (χ1) is 7.33. The fourth-order valence-corrected chi connectivity index (χ4v) is 1.86. The van der Waals surface area contributed by atoms with Gasteiger partial charge in [0.2, 0.25) is 0 Å². The summed E-state index contributed by atoms with van der Waals surface area (Å²) in [5.41, 5.74) is 1.09. The van der Waals surface area contributed by atoms with Crippen molar-refractivity contribution in [2.45, 2.75) is 18.9 Å². The van der Waals surface area contributed by atoms with Crippen molar-refractivity contribution in [1.82, 2.24) is 0 Å². The van der Waals surface area contributed by atoms with Crippen molar-refractivity contribution in [3.63, 3.8) is 0 Å². The maximum atomic E-state index is 9.92. The van der Waals surface area contributed by atoms with E-state index in [0.29, 0.717) is 19.8 Å². The molecule has 0 aromatic heterocycles. The second-order valence-electron chi connectivity index (χ2n) is 3.68. The highest BCUT2D eigenvalue weighted by Crippen LogP contribution is 2.35. The molecule has 2 unspecified atom stereocenters. The molecule has 0 amide bonds. The molecule has 2 rings (SSSR count). The van der Waals surface area contributed by atoms with Crippen molar-refractivity contribution in [3.8, 4) is 5.75 Å². The van der Waals surface area contributed by atoms with Crippen LogP contribution in [-0.2, 0) is 4.74 Å². The Morgan fingerprint density at radius 1 is 1.53 bits per heavy atom. The lowest BCUT2D eigenvalue weighted by Crippen LogP contribution is -2.25. The van der Waals surface area contributed by atoms with Gasteiger partial charge in [0, 0.05) is 18.1 Å². The van der Waals surface area contributed by atoms with E-state index < -0.39 is 6.10 Å². The molecule has 15 heavy (non-hydrogen) atoms. The van der Waals surface area contributed by atoms with Gasteiger partial charge >= 0.3 is 0 Å². The van der Waals surface area contributed by atoms with Gasteiger partial charge in [-0.1, -0.05) is 18.2 Å². The fraction of sp³-hybridized carbons (Fsp3) is 0.500. The number of rotatable bonds is 4. The Bertz CT molecular complexity index is 324. The van der Waals surface area contributed by atoms with Crippen LogP contribution in [0.5, 0.6) is 5.75 Å². The van der Waals surface area contributed by atoms with E-state index in [9.17, 15) is 5.11 Å². The molecule has 0 aliphatic carbocycles. The van der Waals surface area contributed by atoms with Gasteiger partial charge in [0.25, 0.3) is 0 Å². The Morgan fingerprint density at radius 2 is 2.33 bits per heavy atom. The molecular formula is C12H16O3. The quantitative estimate of drug-likeness (QED) is 0.816. The van der Waals surface area contributed by atoms with E-state index in [1.54, 1.807) is 0 Å². The molecule has 1 aliphatic rings. The Hall–Kier alpha value is -1.06. The summed E-state index contributed by atoms with van der Waals surface area (Å²) in [7, 11) is 0. The van der Waals surface area contributed by atoms with Gasteiger partial charge in [-0.05, 0) is 13.0 Å². The Balaban J connectivity index is 2.06. The molecule has 0 fully saturated rings. The molecule has 0 radical (unpaired) electrons. The van der Waals surface area contributed by atoms with Gasteiger partial charge in [0.15, 0.2) is 0 Å². The summed E-state index contributed by atoms with van der Waals surface area (Å²) in [5.74, 6) is 0.936. The molecule has 0 saturated heterocycles. The smallest absolute Gasteiger partial charge is 0.123 e. The van der Waals surface area contributed by atoms with Crippen LogP contribution >= 0.6 is 0 Å². The molecular weight excluding hydrogens is 192 g/mol. The van der Waals surface area contributed by atoms with E-state index in [1.807, 2.05) is 31.2 Å². The summed E-state index contributed by atoms with van der Waals surface area (Å²) in [5, 5.41) is 9.92. The van der Waals surface area contributed by atoms with Gasteiger partial charge in [-0.3, -0.25) is 0 Å². The number of fused-ring (bicyclic) bond motifs is 1. The van der Waals surface area contributed by atoms with Gasteiger partial charge in [-0.2, -0.15) is 0 Å². The first-order valence-electron chi connectivity index (χ1n) is 5.30. The predicted molar refractivity (Wildman–Crippen MR) is 57.2 cm³/mol. The molecule has 3 heteroatoms. The Morgan fingerprint density at radius 3 is 3.13 bits per heavy atom. The summed E-state index contributed by atoms with van der Waals surface area (Å²) in [4.78, 5) is 0. The molecule has 1 heterocycles. The van der Waals surface area contributed by atoms with Crippen LogP contribution in [-0.4, -0.2) is 31.0 Å². The highest BCUT2D eigenvalue weighted by atomic mass is 16.5. The summed E-state index contributed by atoms with van der Waals surface area (Å²) in [6.45, 7) is 3.48. The third-order valence-electron chi connectivity index (χ3n) is 2.69. The lowest BCUT2D eigenvalue weighted by Gasteiger charge is -2.16. The molecule has 0 bridgehead atoms. The van der Waals surface area contributed by atoms with Crippen molar-refractivity contribution in [2.75, 3.05) is 19.8 Å². The predicted octanol–water partition coefficient (Wildman–Crippen LogP) is 1.56. The number of hydrogen-bond donors (Lipinski definition) is 1. The number of ether oxygens (including phenoxy) is 2. The van der Waals surface area contributed by atoms with E-state index in [2.05, 4.69) is 0 Å². The SMILES string of the molecule is CCOCC(O)C1COc2ccccc21. The third-order valence-corrected chi connectivity index (χ3v) is 2.69. The molecule has 1 aliphatic heterocycles. The lowest BCUT2D eigenvalue weighted by atomic mass is 9.96. The monoisotopic (exact) mass is 208 g/mol. The second kappa shape index (κ2) is 4.64. The summed E-state index contributed by atoms with van der Waals surface area (Å²) in [6.07, 6.45) is -0.478. The zero-order valence-corrected chi connectivity index (χ0v) is 8.85. The van der Waals surface area contributed by atoms with Crippen LogP contribution in [0.25, 0.3) is 0 Å². The first kappa shape index (κ1) is 10.5. The molecule has 3 nitrogen and oxygen atoms in total. The normalized spacial score (nSPS) is 20.8. The van der Waals surface area contributed by atoms with Gasteiger partial charge in [-0.15, -0.1) is 0 Å². The van der Waals surface area contributed by atoms with E-state index >= 15 is 0 Å². The first-order valence-corrected chi connectivity index (χ1v) is 5.30. The van der Waals surface area contributed by atoms with E-state index in [1.165, 1.54) is 0 Å². The number of aliphatic hydroxyl groups is 1. The molecule has 1 aromatic rings. The Kier molecular flexibility index (Phi) is 3.23. The van der Waals surface area contributed by atoms with Crippen LogP contribution in [0, 0.1) is 0 Å². The third kappa shape index (κ3) is 2.13. The number of benzene rings is 1. The minimum atomic E-state index is -0.478. The number of hydrogen-bond acceptors (Lipinski definition) is 3. The van der Waals surface area contributed by atoms with Gasteiger partial charge in [-0.25, -0.2) is 0 Å². The molecule has 1 N–H and O–H groups in total. The van der Waals surface area contributed by atoms with Crippen LogP contribution in [0.2, 0.25) is 0 Å². The van der Waals surface area contributed by atoms with Crippen LogP contribution in [0.3, 0.4) is 0 Å². The van der Waals surface area contributed by atoms with Gasteiger partial charge in [0.05, 0.1) is 19.3 Å². The van der Waals surface area contributed by atoms with Crippen molar-refractivity contribution in [3.05, 3.63) is 29.8 Å². The van der Waals surface area contributed by atoms with Crippen LogP contribution < -0.4 is 4.74 Å². The summed E-state index contributed by atoms with van der Waals surface area (Å²) in [6, 6.07) is 7.84. The number of aliphatic hydroxyl groups excluding tert-OH is 1. The van der Waals surface area contributed by atoms with Crippen LogP contribution in [0.4, 0.5) is 0 Å².